The van der Waals surface area contributed by atoms with Crippen molar-refractivity contribution in [1.82, 2.24) is 19.2 Å². The average molecular weight is 433 g/mol. The van der Waals surface area contributed by atoms with Gasteiger partial charge in [-0.15, -0.1) is 0 Å². The second kappa shape index (κ2) is 8.49. The highest BCUT2D eigenvalue weighted by molar-refractivity contribution is 7.88. The van der Waals surface area contributed by atoms with Crippen LogP contribution in [0.15, 0.2) is 29.1 Å². The number of rotatable bonds is 5. The topological polar surface area (TPSA) is 95.6 Å². The molecular weight excluding hydrogens is 404 g/mol. The summed E-state index contributed by atoms with van der Waals surface area (Å²) in [7, 11) is -1.67. The van der Waals surface area contributed by atoms with E-state index in [1.54, 1.807) is 7.11 Å². The van der Waals surface area contributed by atoms with E-state index in [0.717, 1.165) is 49.4 Å². The number of aromatic nitrogens is 2. The quantitative estimate of drug-likeness (QED) is 0.774. The predicted octanol–water partition coefficient (Wildman–Crippen LogP) is 1.82. The summed E-state index contributed by atoms with van der Waals surface area (Å²) < 4.78 is 30.4. The van der Waals surface area contributed by atoms with E-state index in [0.29, 0.717) is 24.4 Å². The Balaban J connectivity index is 1.60. The van der Waals surface area contributed by atoms with Crippen molar-refractivity contribution < 1.29 is 13.2 Å². The van der Waals surface area contributed by atoms with Crippen molar-refractivity contribution >= 4 is 10.0 Å². The average Bonchev–Trinajstić information content (AvgIpc) is 2.73. The van der Waals surface area contributed by atoms with Gasteiger partial charge in [0.25, 0.3) is 5.56 Å². The van der Waals surface area contributed by atoms with Crippen molar-refractivity contribution in [3.8, 4) is 5.75 Å². The lowest BCUT2D eigenvalue weighted by atomic mass is 9.99. The Hall–Kier alpha value is -2.23. The number of benzene rings is 1. The van der Waals surface area contributed by atoms with Crippen LogP contribution < -0.4 is 10.3 Å². The fraction of sp³-hybridized carbons (Fsp3) is 0.524. The number of piperidine rings is 1. The number of aromatic amines is 1. The number of ether oxygens (including phenoxy) is 1. The normalized spacial score (nSPS) is 20.7. The van der Waals surface area contributed by atoms with Gasteiger partial charge in [-0.05, 0) is 37.1 Å². The molecule has 0 saturated carbocycles. The SMILES string of the molecule is COc1cccc(CN2CCCCC2c2nc3c(c(=O)[nH]2)CN(S(C)(=O)=O)CC3)c1. The third-order valence-electron chi connectivity index (χ3n) is 5.97. The van der Waals surface area contributed by atoms with Crippen LogP contribution in [0, 0.1) is 0 Å². The van der Waals surface area contributed by atoms with Crippen molar-refractivity contribution in [2.24, 2.45) is 0 Å². The molecule has 30 heavy (non-hydrogen) atoms. The number of hydrogen-bond acceptors (Lipinski definition) is 6. The van der Waals surface area contributed by atoms with Gasteiger partial charge in [0.05, 0.1) is 30.7 Å². The Morgan fingerprint density at radius 2 is 2.10 bits per heavy atom. The summed E-state index contributed by atoms with van der Waals surface area (Å²) in [6.07, 6.45) is 4.76. The van der Waals surface area contributed by atoms with E-state index in [1.807, 2.05) is 18.2 Å². The van der Waals surface area contributed by atoms with E-state index in [1.165, 1.54) is 10.6 Å². The highest BCUT2D eigenvalue weighted by Gasteiger charge is 2.30. The van der Waals surface area contributed by atoms with E-state index < -0.39 is 10.0 Å². The van der Waals surface area contributed by atoms with Gasteiger partial charge in [-0.1, -0.05) is 18.6 Å². The summed E-state index contributed by atoms with van der Waals surface area (Å²) in [6, 6.07) is 8.07. The highest BCUT2D eigenvalue weighted by Crippen LogP contribution is 2.31. The van der Waals surface area contributed by atoms with Crippen LogP contribution in [0.25, 0.3) is 0 Å². The van der Waals surface area contributed by atoms with Gasteiger partial charge in [0, 0.05) is 26.1 Å². The van der Waals surface area contributed by atoms with Crippen LogP contribution in [0.4, 0.5) is 0 Å². The number of nitrogens with one attached hydrogen (secondary N) is 1. The largest absolute Gasteiger partial charge is 0.497 e. The molecule has 2 aliphatic heterocycles. The smallest absolute Gasteiger partial charge is 0.255 e. The van der Waals surface area contributed by atoms with Crippen molar-refractivity contribution in [1.29, 1.82) is 0 Å². The van der Waals surface area contributed by atoms with E-state index >= 15 is 0 Å². The molecule has 4 rings (SSSR count). The maximum absolute atomic E-state index is 12.8. The fourth-order valence-corrected chi connectivity index (χ4v) is 5.14. The molecule has 0 amide bonds. The fourth-order valence-electron chi connectivity index (χ4n) is 4.36. The first kappa shape index (κ1) is 21.0. The lowest BCUT2D eigenvalue weighted by Gasteiger charge is -2.35. The molecule has 9 heteroatoms. The molecule has 162 valence electrons. The maximum atomic E-state index is 12.8. The Bertz CT molecular complexity index is 1080. The lowest BCUT2D eigenvalue weighted by Crippen LogP contribution is -2.40. The standard InChI is InChI=1S/C21H28N4O4S/c1-29-16-7-5-6-15(12-16)13-24-10-4-3-8-19(24)20-22-18-9-11-25(30(2,27)28)14-17(18)21(26)23-20/h5-7,12,19H,3-4,8-11,13-14H2,1-2H3,(H,22,23,26). The van der Waals surface area contributed by atoms with Crippen molar-refractivity contribution in [2.75, 3.05) is 26.5 Å². The zero-order valence-corrected chi connectivity index (χ0v) is 18.2. The summed E-state index contributed by atoms with van der Waals surface area (Å²) in [5.41, 5.74) is 2.12. The maximum Gasteiger partial charge on any atom is 0.255 e. The van der Waals surface area contributed by atoms with Crippen LogP contribution in [0.1, 0.15) is 47.9 Å². The second-order valence-electron chi connectivity index (χ2n) is 8.06. The van der Waals surface area contributed by atoms with E-state index in [2.05, 4.69) is 16.0 Å². The van der Waals surface area contributed by atoms with Crippen LogP contribution in [-0.4, -0.2) is 54.0 Å². The molecule has 1 atom stereocenters. The Morgan fingerprint density at radius 3 is 2.87 bits per heavy atom. The van der Waals surface area contributed by atoms with Gasteiger partial charge in [-0.25, -0.2) is 13.4 Å². The van der Waals surface area contributed by atoms with Gasteiger partial charge < -0.3 is 9.72 Å². The number of nitrogens with zero attached hydrogens (tertiary/aromatic N) is 3. The third kappa shape index (κ3) is 4.43. The molecular formula is C21H28N4O4S. The van der Waals surface area contributed by atoms with Gasteiger partial charge in [0.1, 0.15) is 11.6 Å². The molecule has 1 aromatic carbocycles. The molecule has 0 spiro atoms. The third-order valence-corrected chi connectivity index (χ3v) is 7.22. The molecule has 1 aromatic heterocycles. The van der Waals surface area contributed by atoms with Crippen LogP contribution in [0.2, 0.25) is 0 Å². The molecule has 0 radical (unpaired) electrons. The van der Waals surface area contributed by atoms with Gasteiger partial charge in [-0.3, -0.25) is 9.69 Å². The number of hydrogen-bond donors (Lipinski definition) is 1. The zero-order chi connectivity index (χ0) is 21.3. The monoisotopic (exact) mass is 432 g/mol. The summed E-state index contributed by atoms with van der Waals surface area (Å²) >= 11 is 0. The lowest BCUT2D eigenvalue weighted by molar-refractivity contribution is 0.133. The number of H-pyrrole nitrogens is 1. The van der Waals surface area contributed by atoms with E-state index in [4.69, 9.17) is 9.72 Å². The molecule has 1 fully saturated rings. The minimum Gasteiger partial charge on any atom is -0.497 e. The predicted molar refractivity (Wildman–Crippen MR) is 114 cm³/mol. The first-order valence-electron chi connectivity index (χ1n) is 10.3. The number of sulfonamides is 1. The zero-order valence-electron chi connectivity index (χ0n) is 17.4. The molecule has 8 nitrogen and oxygen atoms in total. The summed E-state index contributed by atoms with van der Waals surface area (Å²) in [5.74, 6) is 1.52. The molecule has 2 aliphatic rings. The Kier molecular flexibility index (Phi) is 5.95. The van der Waals surface area contributed by atoms with E-state index in [-0.39, 0.29) is 18.1 Å². The molecule has 1 saturated heterocycles. The first-order chi connectivity index (χ1) is 14.3. The minimum atomic E-state index is -3.33. The van der Waals surface area contributed by atoms with Crippen LogP contribution >= 0.6 is 0 Å². The van der Waals surface area contributed by atoms with E-state index in [9.17, 15) is 13.2 Å². The highest BCUT2D eigenvalue weighted by atomic mass is 32.2. The molecule has 1 N–H and O–H groups in total. The molecule has 0 bridgehead atoms. The Labute approximate surface area is 176 Å². The number of methoxy groups -OCH3 is 1. The van der Waals surface area contributed by atoms with Crippen LogP contribution in [0.5, 0.6) is 5.75 Å². The van der Waals surface area contributed by atoms with Crippen molar-refractivity contribution in [2.45, 2.75) is 44.8 Å². The minimum absolute atomic E-state index is 0.0379. The van der Waals surface area contributed by atoms with Crippen molar-refractivity contribution in [3.63, 3.8) is 0 Å². The van der Waals surface area contributed by atoms with Gasteiger partial charge in [0.2, 0.25) is 10.0 Å². The number of fused-ring (bicyclic) bond motifs is 1. The van der Waals surface area contributed by atoms with Crippen molar-refractivity contribution in [3.05, 3.63) is 57.3 Å². The van der Waals surface area contributed by atoms with Crippen LogP contribution in [-0.2, 0) is 29.5 Å². The van der Waals surface area contributed by atoms with Gasteiger partial charge in [-0.2, -0.15) is 4.31 Å². The van der Waals surface area contributed by atoms with Crippen LogP contribution in [0.3, 0.4) is 0 Å². The first-order valence-corrected chi connectivity index (χ1v) is 12.1. The summed E-state index contributed by atoms with van der Waals surface area (Å²) in [4.78, 5) is 22.9. The molecule has 0 aliphatic carbocycles. The second-order valence-corrected chi connectivity index (χ2v) is 10.0. The molecule has 3 heterocycles. The van der Waals surface area contributed by atoms with Gasteiger partial charge >= 0.3 is 0 Å². The summed E-state index contributed by atoms with van der Waals surface area (Å²) in [5, 5.41) is 0. The molecule has 2 aromatic rings. The number of likely N-dealkylation sites (tertiary alicyclic amines) is 1. The van der Waals surface area contributed by atoms with Gasteiger partial charge in [0.15, 0.2) is 0 Å². The summed E-state index contributed by atoms with van der Waals surface area (Å²) in [6.45, 7) is 2.14. The Morgan fingerprint density at radius 1 is 1.27 bits per heavy atom. The molecule has 1 unspecified atom stereocenters.